The van der Waals surface area contributed by atoms with Gasteiger partial charge < -0.3 is 0 Å². The molecule has 0 saturated carbocycles. The number of unbranched alkanes of at least 4 members (excludes halogenated alkanes) is 2. The van der Waals surface area contributed by atoms with Gasteiger partial charge >= 0.3 is 198 Å². The first kappa shape index (κ1) is 26.7. The van der Waals surface area contributed by atoms with Crippen molar-refractivity contribution in [3.63, 3.8) is 0 Å². The third kappa shape index (κ3) is 5.17. The van der Waals surface area contributed by atoms with Crippen molar-refractivity contribution in [2.75, 3.05) is 0 Å². The summed E-state index contributed by atoms with van der Waals surface area (Å²) in [5.41, 5.74) is 6.01. The van der Waals surface area contributed by atoms with E-state index in [2.05, 4.69) is 78.9 Å². The van der Waals surface area contributed by atoms with Gasteiger partial charge in [0.25, 0.3) is 0 Å². The second kappa shape index (κ2) is 10.6. The van der Waals surface area contributed by atoms with Crippen molar-refractivity contribution in [3.05, 3.63) is 46.6 Å². The summed E-state index contributed by atoms with van der Waals surface area (Å²) in [4.78, 5) is 0. The average Bonchev–Trinajstić information content (AvgIpc) is 3.30. The molecule has 2 unspecified atom stereocenters. The summed E-state index contributed by atoms with van der Waals surface area (Å²) in [5.74, 6) is 1.07. The van der Waals surface area contributed by atoms with Crippen molar-refractivity contribution >= 4 is 25.3 Å². The van der Waals surface area contributed by atoms with Gasteiger partial charge in [0.05, 0.1) is 0 Å². The van der Waals surface area contributed by atoms with E-state index in [1.807, 2.05) is 0 Å². The van der Waals surface area contributed by atoms with E-state index >= 15 is 0 Å². The fourth-order valence-electron chi connectivity index (χ4n) is 5.18. The van der Waals surface area contributed by atoms with Crippen LogP contribution in [0.5, 0.6) is 0 Å². The molecular formula is C26H45Cl2SiTi. The Labute approximate surface area is 196 Å². The maximum absolute atomic E-state index is 8.08. The van der Waals surface area contributed by atoms with Gasteiger partial charge in [0, 0.05) is 0 Å². The number of hydrogen-bond donors (Lipinski definition) is 0. The summed E-state index contributed by atoms with van der Waals surface area (Å²) in [5, 5.41) is 0. The average molecular weight is 505 g/mol. The summed E-state index contributed by atoms with van der Waals surface area (Å²) in [6.45, 7) is 17.3. The van der Waals surface area contributed by atoms with E-state index in [9.17, 15) is 0 Å². The van der Waals surface area contributed by atoms with Crippen molar-refractivity contribution < 1.29 is 12.4 Å². The molecule has 2 atom stereocenters. The molecule has 0 aromatic carbocycles. The molecule has 2 rings (SSSR count). The van der Waals surface area contributed by atoms with E-state index in [-0.39, 0.29) is 0 Å². The molecule has 0 saturated heterocycles. The Balaban J connectivity index is 2.62. The molecule has 0 heterocycles. The molecular weight excluding hydrogens is 459 g/mol. The molecule has 0 bridgehead atoms. The van der Waals surface area contributed by atoms with Gasteiger partial charge in [-0.1, -0.05) is 0 Å². The van der Waals surface area contributed by atoms with Gasteiger partial charge in [0.1, 0.15) is 0 Å². The van der Waals surface area contributed by atoms with Crippen LogP contribution in [0.15, 0.2) is 46.6 Å². The van der Waals surface area contributed by atoms with Crippen molar-refractivity contribution in [1.29, 1.82) is 0 Å². The number of allylic oxidation sites excluding steroid dienone is 8. The van der Waals surface area contributed by atoms with E-state index in [1.165, 1.54) is 36.8 Å². The van der Waals surface area contributed by atoms with Crippen LogP contribution < -0.4 is 0 Å². The zero-order valence-corrected chi connectivity index (χ0v) is 24.9. The van der Waals surface area contributed by atoms with Crippen molar-refractivity contribution in [3.8, 4) is 0 Å². The first-order chi connectivity index (χ1) is 14.0. The predicted octanol–water partition coefficient (Wildman–Crippen LogP) is 9.97. The third-order valence-corrected chi connectivity index (χ3v) is 43.1. The van der Waals surface area contributed by atoms with Gasteiger partial charge in [-0.3, -0.25) is 0 Å². The molecule has 2 aliphatic rings. The van der Waals surface area contributed by atoms with Crippen LogP contribution in [-0.4, -0.2) is 6.66 Å². The summed E-state index contributed by atoms with van der Waals surface area (Å²) < 4.78 is 0.609. The Morgan fingerprint density at radius 3 is 1.43 bits per heavy atom. The molecule has 4 heteroatoms. The molecule has 30 heavy (non-hydrogen) atoms. The van der Waals surface area contributed by atoms with Gasteiger partial charge in [0.2, 0.25) is 0 Å². The first-order valence-electron chi connectivity index (χ1n) is 12.4. The maximum atomic E-state index is 8.08. The number of hydrogen-bond acceptors (Lipinski definition) is 0. The minimum absolute atomic E-state index is 0.304. The Bertz CT molecular complexity index is 684. The predicted molar refractivity (Wildman–Crippen MR) is 139 cm³/mol. The van der Waals surface area contributed by atoms with Crippen LogP contribution in [0.1, 0.15) is 80.1 Å². The van der Waals surface area contributed by atoms with Crippen LogP contribution in [0.2, 0.25) is 21.5 Å². The zero-order chi connectivity index (χ0) is 22.7. The summed E-state index contributed by atoms with van der Waals surface area (Å²) in [6, 6.07) is 0. The molecule has 0 spiro atoms. The second-order valence-corrected chi connectivity index (χ2v) is 40.0. The summed E-state index contributed by atoms with van der Waals surface area (Å²) in [6.07, 6.45) is 17.2. The van der Waals surface area contributed by atoms with Gasteiger partial charge in [0.15, 0.2) is 0 Å². The van der Waals surface area contributed by atoms with Gasteiger partial charge in [-0.15, -0.1) is 0 Å². The quantitative estimate of drug-likeness (QED) is 0.246. The van der Waals surface area contributed by atoms with E-state index < -0.39 is 19.1 Å². The normalized spacial score (nSPS) is 23.6. The van der Waals surface area contributed by atoms with Crippen LogP contribution >= 0.6 is 18.6 Å². The van der Waals surface area contributed by atoms with Crippen LogP contribution in [0.25, 0.3) is 0 Å². The monoisotopic (exact) mass is 503 g/mol. The molecule has 0 N–H and O–H groups in total. The van der Waals surface area contributed by atoms with Gasteiger partial charge in [-0.05, 0) is 0 Å². The summed E-state index contributed by atoms with van der Waals surface area (Å²) >= 11 is -3.97. The molecule has 0 aliphatic heterocycles. The van der Waals surface area contributed by atoms with Crippen molar-refractivity contribution in [2.24, 2.45) is 11.8 Å². The standard InChI is InChI=1S/2C12H19.C2H7Si.2ClH.Ti/c2*1-4-5-6-11-7-8-12(9-11)10(2)3;1-3-2;;;/h2*7-10H,4-6H2,1-3H3;3H,1-2H3;2*1H;/q;;;;;+2/p-2. The van der Waals surface area contributed by atoms with E-state index in [4.69, 9.17) is 18.6 Å². The molecule has 0 radical (unpaired) electrons. The Morgan fingerprint density at radius 1 is 0.800 bits per heavy atom. The minimum atomic E-state index is -3.97. The van der Waals surface area contributed by atoms with E-state index in [1.54, 1.807) is 11.1 Å². The SMILES string of the molecule is CCCCC1=CC(C(C)C)=C[CH]1[Ti]([Cl])([Cl])([CH]1C=C(C(C)C)C=C1CCCC)[SiH](C)C. The molecule has 171 valence electrons. The van der Waals surface area contributed by atoms with Crippen LogP contribution in [0, 0.1) is 11.8 Å². The fourth-order valence-corrected chi connectivity index (χ4v) is 24.4. The Kier molecular flexibility index (Phi) is 9.44. The molecule has 2 aliphatic carbocycles. The van der Waals surface area contributed by atoms with Crippen LogP contribution in [0.3, 0.4) is 0 Å². The zero-order valence-electron chi connectivity index (χ0n) is 20.7. The van der Waals surface area contributed by atoms with Gasteiger partial charge in [-0.25, -0.2) is 0 Å². The molecule has 0 nitrogen and oxygen atoms in total. The summed E-state index contributed by atoms with van der Waals surface area (Å²) in [7, 11) is 16.2. The van der Waals surface area contributed by atoms with Gasteiger partial charge in [-0.2, -0.15) is 0 Å². The van der Waals surface area contributed by atoms with Crippen LogP contribution in [0.4, 0.5) is 0 Å². The molecule has 0 aromatic heterocycles. The Hall–Kier alpha value is 0.471. The topological polar surface area (TPSA) is 0 Å². The number of rotatable bonds is 11. The Morgan fingerprint density at radius 2 is 1.17 bits per heavy atom. The van der Waals surface area contributed by atoms with Crippen LogP contribution in [-0.2, 0) is 12.4 Å². The first-order valence-corrected chi connectivity index (χ1v) is 24.1. The molecule has 0 fully saturated rings. The molecule has 0 aromatic rings. The van der Waals surface area contributed by atoms with E-state index in [0.29, 0.717) is 20.3 Å². The van der Waals surface area contributed by atoms with E-state index in [0.717, 1.165) is 12.8 Å². The van der Waals surface area contributed by atoms with Crippen molar-refractivity contribution in [1.82, 2.24) is 0 Å². The number of halogens is 2. The third-order valence-electron chi connectivity index (χ3n) is 7.48. The fraction of sp³-hybridized carbons (Fsp3) is 0.692. The van der Waals surface area contributed by atoms with Crippen molar-refractivity contribution in [2.45, 2.75) is 102 Å². The molecule has 0 amide bonds. The second-order valence-electron chi connectivity index (χ2n) is 10.6.